The summed E-state index contributed by atoms with van der Waals surface area (Å²) in [6.07, 6.45) is 0.124. The van der Waals surface area contributed by atoms with E-state index in [1.807, 2.05) is 0 Å². The largest absolute Gasteiger partial charge is 0.334 e. The SMILES string of the molecule is CCN1C(=O)CC(N)C1c1cc(F)c(F)c(F)c1. The standard InChI is InChI=1S/C12H13F3N2O/c1-2-17-10(18)5-9(16)12(17)6-3-7(13)11(15)8(14)4-6/h3-4,9,12H,2,5,16H2,1H3. The molecule has 18 heavy (non-hydrogen) atoms. The molecule has 1 saturated heterocycles. The minimum atomic E-state index is -1.51. The number of carbonyl (C=O) groups excluding carboxylic acids is 1. The number of amides is 1. The second kappa shape index (κ2) is 4.61. The van der Waals surface area contributed by atoms with E-state index in [1.54, 1.807) is 6.92 Å². The van der Waals surface area contributed by atoms with Gasteiger partial charge in [0.1, 0.15) is 0 Å². The van der Waals surface area contributed by atoms with E-state index >= 15 is 0 Å². The Kier molecular flexibility index (Phi) is 3.30. The van der Waals surface area contributed by atoms with Crippen molar-refractivity contribution in [1.29, 1.82) is 0 Å². The maximum Gasteiger partial charge on any atom is 0.224 e. The average Bonchev–Trinajstić information content (AvgIpc) is 2.59. The van der Waals surface area contributed by atoms with Gasteiger partial charge in [0.25, 0.3) is 0 Å². The molecule has 0 spiro atoms. The lowest BCUT2D eigenvalue weighted by atomic mass is 10.0. The molecule has 1 heterocycles. The Balaban J connectivity index is 2.44. The van der Waals surface area contributed by atoms with Gasteiger partial charge in [0.05, 0.1) is 6.04 Å². The number of likely N-dealkylation sites (tertiary alicyclic amines) is 1. The molecule has 1 fully saturated rings. The minimum absolute atomic E-state index is 0.124. The van der Waals surface area contributed by atoms with Gasteiger partial charge in [-0.15, -0.1) is 0 Å². The van der Waals surface area contributed by atoms with Crippen LogP contribution in [-0.4, -0.2) is 23.4 Å². The zero-order chi connectivity index (χ0) is 13.4. The first-order valence-electron chi connectivity index (χ1n) is 5.65. The van der Waals surface area contributed by atoms with E-state index in [4.69, 9.17) is 5.73 Å². The smallest absolute Gasteiger partial charge is 0.224 e. The van der Waals surface area contributed by atoms with E-state index in [2.05, 4.69) is 0 Å². The van der Waals surface area contributed by atoms with Crippen molar-refractivity contribution in [2.75, 3.05) is 6.54 Å². The molecule has 2 N–H and O–H groups in total. The fraction of sp³-hybridized carbons (Fsp3) is 0.417. The summed E-state index contributed by atoms with van der Waals surface area (Å²) in [4.78, 5) is 13.1. The fourth-order valence-corrected chi connectivity index (χ4v) is 2.36. The number of halogens is 3. The summed E-state index contributed by atoms with van der Waals surface area (Å²) in [6.45, 7) is 2.14. The van der Waals surface area contributed by atoms with Gasteiger partial charge in [-0.25, -0.2) is 13.2 Å². The van der Waals surface area contributed by atoms with Gasteiger partial charge in [0.2, 0.25) is 5.91 Å². The highest BCUT2D eigenvalue weighted by Gasteiger charge is 2.38. The van der Waals surface area contributed by atoms with Crippen molar-refractivity contribution in [3.05, 3.63) is 35.1 Å². The van der Waals surface area contributed by atoms with Gasteiger partial charge >= 0.3 is 0 Å². The topological polar surface area (TPSA) is 46.3 Å². The molecule has 0 bridgehead atoms. The zero-order valence-electron chi connectivity index (χ0n) is 9.79. The first-order valence-corrected chi connectivity index (χ1v) is 5.65. The first-order chi connectivity index (χ1) is 8.45. The Bertz CT molecular complexity index is 469. The van der Waals surface area contributed by atoms with E-state index < -0.39 is 29.5 Å². The van der Waals surface area contributed by atoms with Crippen LogP contribution in [0.4, 0.5) is 13.2 Å². The van der Waals surface area contributed by atoms with Gasteiger partial charge in [0, 0.05) is 19.0 Å². The maximum atomic E-state index is 13.2. The van der Waals surface area contributed by atoms with Crippen LogP contribution in [0.1, 0.15) is 24.9 Å². The molecular weight excluding hydrogens is 245 g/mol. The first kappa shape index (κ1) is 12.9. The molecule has 1 aliphatic rings. The molecule has 0 radical (unpaired) electrons. The van der Waals surface area contributed by atoms with Gasteiger partial charge in [-0.2, -0.15) is 0 Å². The van der Waals surface area contributed by atoms with Gasteiger partial charge in [-0.05, 0) is 24.6 Å². The molecule has 2 rings (SSSR count). The molecule has 0 saturated carbocycles. The van der Waals surface area contributed by atoms with E-state index in [9.17, 15) is 18.0 Å². The summed E-state index contributed by atoms with van der Waals surface area (Å²) < 4.78 is 39.3. The zero-order valence-corrected chi connectivity index (χ0v) is 9.79. The lowest BCUT2D eigenvalue weighted by Crippen LogP contribution is -2.33. The van der Waals surface area contributed by atoms with Crippen LogP contribution in [0.3, 0.4) is 0 Å². The number of hydrogen-bond acceptors (Lipinski definition) is 2. The predicted octanol–water partition coefficient (Wildman–Crippen LogP) is 1.72. The average molecular weight is 258 g/mol. The quantitative estimate of drug-likeness (QED) is 0.821. The van der Waals surface area contributed by atoms with Gasteiger partial charge in [0.15, 0.2) is 17.5 Å². The molecule has 1 aromatic rings. The van der Waals surface area contributed by atoms with Crippen LogP contribution >= 0.6 is 0 Å². The predicted molar refractivity (Wildman–Crippen MR) is 59.0 cm³/mol. The third kappa shape index (κ3) is 1.96. The summed E-state index contributed by atoms with van der Waals surface area (Å²) in [6, 6.07) is 0.641. The molecule has 0 aromatic heterocycles. The Morgan fingerprint density at radius 2 is 1.89 bits per heavy atom. The number of likely N-dealkylation sites (N-methyl/N-ethyl adjacent to an activating group) is 1. The van der Waals surface area contributed by atoms with E-state index in [1.165, 1.54) is 4.90 Å². The molecular formula is C12H13F3N2O. The summed E-state index contributed by atoms with van der Waals surface area (Å²) in [5, 5.41) is 0. The van der Waals surface area contributed by atoms with Gasteiger partial charge < -0.3 is 10.6 Å². The second-order valence-corrected chi connectivity index (χ2v) is 4.29. The van der Waals surface area contributed by atoms with Crippen LogP contribution in [0.15, 0.2) is 12.1 Å². The van der Waals surface area contributed by atoms with E-state index in [0.29, 0.717) is 6.54 Å². The summed E-state index contributed by atoms with van der Waals surface area (Å²) in [5.74, 6) is -4.22. The minimum Gasteiger partial charge on any atom is -0.334 e. The third-order valence-corrected chi connectivity index (χ3v) is 3.16. The highest BCUT2D eigenvalue weighted by Crippen LogP contribution is 2.33. The molecule has 98 valence electrons. The Hall–Kier alpha value is -1.56. The summed E-state index contributed by atoms with van der Waals surface area (Å²) in [5.41, 5.74) is 5.99. The van der Waals surface area contributed by atoms with Crippen LogP contribution in [0.2, 0.25) is 0 Å². The molecule has 1 aromatic carbocycles. The van der Waals surface area contributed by atoms with Crippen molar-refractivity contribution in [1.82, 2.24) is 4.90 Å². The molecule has 3 nitrogen and oxygen atoms in total. The van der Waals surface area contributed by atoms with Crippen molar-refractivity contribution in [3.63, 3.8) is 0 Å². The van der Waals surface area contributed by atoms with Crippen molar-refractivity contribution >= 4 is 5.91 Å². The number of hydrogen-bond donors (Lipinski definition) is 1. The van der Waals surface area contributed by atoms with Crippen molar-refractivity contribution in [2.45, 2.75) is 25.4 Å². The lowest BCUT2D eigenvalue weighted by molar-refractivity contribution is -0.128. The maximum absolute atomic E-state index is 13.2. The molecule has 2 atom stereocenters. The summed E-state index contributed by atoms with van der Waals surface area (Å²) >= 11 is 0. The van der Waals surface area contributed by atoms with Crippen molar-refractivity contribution in [3.8, 4) is 0 Å². The van der Waals surface area contributed by atoms with Crippen LogP contribution in [0.5, 0.6) is 0 Å². The number of benzene rings is 1. The van der Waals surface area contributed by atoms with Crippen LogP contribution in [0, 0.1) is 17.5 Å². The molecule has 6 heteroatoms. The monoisotopic (exact) mass is 258 g/mol. The normalized spacial score (nSPS) is 23.8. The lowest BCUT2D eigenvalue weighted by Gasteiger charge is -2.26. The molecule has 2 unspecified atom stereocenters. The Labute approximate surface area is 102 Å². The second-order valence-electron chi connectivity index (χ2n) is 4.29. The Morgan fingerprint density at radius 3 is 2.39 bits per heavy atom. The fourth-order valence-electron chi connectivity index (χ4n) is 2.36. The van der Waals surface area contributed by atoms with Crippen LogP contribution < -0.4 is 5.73 Å². The van der Waals surface area contributed by atoms with Crippen LogP contribution in [0.25, 0.3) is 0 Å². The van der Waals surface area contributed by atoms with Crippen LogP contribution in [-0.2, 0) is 4.79 Å². The molecule has 0 aliphatic carbocycles. The highest BCUT2D eigenvalue weighted by atomic mass is 19.2. The number of rotatable bonds is 2. The Morgan fingerprint density at radius 1 is 1.33 bits per heavy atom. The summed E-state index contributed by atoms with van der Waals surface area (Å²) in [7, 11) is 0. The van der Waals surface area contributed by atoms with Gasteiger partial charge in [-0.3, -0.25) is 4.79 Å². The molecule has 1 aliphatic heterocycles. The number of nitrogens with two attached hydrogens (primary N) is 1. The number of carbonyl (C=O) groups is 1. The molecule has 1 amide bonds. The highest BCUT2D eigenvalue weighted by molar-refractivity contribution is 5.80. The number of nitrogens with zero attached hydrogens (tertiary/aromatic N) is 1. The third-order valence-electron chi connectivity index (χ3n) is 3.16. The van der Waals surface area contributed by atoms with Crippen molar-refractivity contribution < 1.29 is 18.0 Å². The van der Waals surface area contributed by atoms with E-state index in [-0.39, 0.29) is 17.9 Å². The van der Waals surface area contributed by atoms with E-state index in [0.717, 1.165) is 12.1 Å². The van der Waals surface area contributed by atoms with Crippen molar-refractivity contribution in [2.24, 2.45) is 5.73 Å². The van der Waals surface area contributed by atoms with Gasteiger partial charge in [-0.1, -0.05) is 0 Å².